The van der Waals surface area contributed by atoms with Gasteiger partial charge in [0.2, 0.25) is 0 Å². The molecule has 1 amide bonds. The molecule has 0 aliphatic carbocycles. The molecule has 98 valence electrons. The molecule has 1 heterocycles. The highest BCUT2D eigenvalue weighted by atomic mass is 16.3. The van der Waals surface area contributed by atoms with Gasteiger partial charge in [0.05, 0.1) is 12.6 Å². The zero-order chi connectivity index (χ0) is 13.3. The van der Waals surface area contributed by atoms with Crippen molar-refractivity contribution in [2.24, 2.45) is 5.92 Å². The van der Waals surface area contributed by atoms with Crippen LogP contribution < -0.4 is 0 Å². The summed E-state index contributed by atoms with van der Waals surface area (Å²) in [6.07, 6.45) is 0.912. The van der Waals surface area contributed by atoms with Gasteiger partial charge in [-0.3, -0.25) is 4.79 Å². The van der Waals surface area contributed by atoms with Crippen LogP contribution in [0.25, 0.3) is 0 Å². The van der Waals surface area contributed by atoms with Crippen molar-refractivity contribution in [3.63, 3.8) is 0 Å². The molecule has 1 fully saturated rings. The van der Waals surface area contributed by atoms with Crippen LogP contribution in [-0.4, -0.2) is 40.2 Å². The van der Waals surface area contributed by atoms with Crippen LogP contribution in [-0.2, 0) is 0 Å². The number of carbonyl (C=O) groups is 1. The van der Waals surface area contributed by atoms with Crippen molar-refractivity contribution in [3.05, 3.63) is 29.3 Å². The van der Waals surface area contributed by atoms with Crippen LogP contribution in [0.15, 0.2) is 18.2 Å². The maximum atomic E-state index is 12.3. The number of aliphatic hydroxyl groups is 1. The molecule has 0 saturated carbocycles. The van der Waals surface area contributed by atoms with Gasteiger partial charge in [-0.2, -0.15) is 0 Å². The molecule has 2 N–H and O–H groups in total. The quantitative estimate of drug-likeness (QED) is 0.836. The Labute approximate surface area is 107 Å². The van der Waals surface area contributed by atoms with E-state index in [1.165, 1.54) is 6.07 Å². The van der Waals surface area contributed by atoms with Crippen molar-refractivity contribution < 1.29 is 15.0 Å². The van der Waals surface area contributed by atoms with Gasteiger partial charge in [-0.05, 0) is 37.0 Å². The summed E-state index contributed by atoms with van der Waals surface area (Å²) in [5.41, 5.74) is 1.23. The molecule has 1 aliphatic heterocycles. The number of aromatic hydroxyl groups is 1. The molecule has 0 spiro atoms. The lowest BCUT2D eigenvalue weighted by atomic mass is 10.0. The number of carbonyl (C=O) groups excluding carboxylic acids is 1. The molecule has 18 heavy (non-hydrogen) atoms. The van der Waals surface area contributed by atoms with Crippen molar-refractivity contribution in [3.8, 4) is 5.75 Å². The van der Waals surface area contributed by atoms with Crippen LogP contribution in [0.3, 0.4) is 0 Å². The van der Waals surface area contributed by atoms with Gasteiger partial charge in [-0.15, -0.1) is 0 Å². The van der Waals surface area contributed by atoms with Crippen LogP contribution in [0.5, 0.6) is 5.75 Å². The van der Waals surface area contributed by atoms with E-state index in [1.807, 2.05) is 6.92 Å². The number of rotatable bonds is 2. The van der Waals surface area contributed by atoms with Crippen molar-refractivity contribution in [2.75, 3.05) is 13.2 Å². The van der Waals surface area contributed by atoms with Crippen LogP contribution in [0.4, 0.5) is 0 Å². The topological polar surface area (TPSA) is 60.8 Å². The number of likely N-dealkylation sites (tertiary alicyclic amines) is 1. The number of aliphatic hydroxyl groups excluding tert-OH is 1. The molecule has 0 aromatic heterocycles. The Balaban J connectivity index is 2.23. The minimum absolute atomic E-state index is 0.00918. The van der Waals surface area contributed by atoms with Crippen LogP contribution in [0.2, 0.25) is 0 Å². The van der Waals surface area contributed by atoms with Crippen molar-refractivity contribution in [1.82, 2.24) is 4.90 Å². The largest absolute Gasteiger partial charge is 0.508 e. The first-order valence-corrected chi connectivity index (χ1v) is 6.26. The molecular weight excluding hydrogens is 230 g/mol. The van der Waals surface area contributed by atoms with Gasteiger partial charge < -0.3 is 15.1 Å². The van der Waals surface area contributed by atoms with E-state index in [4.69, 9.17) is 0 Å². The standard InChI is InChI=1S/C14H19NO3/c1-9-5-6-15(12(9)8-16)14(18)11-4-3-10(2)13(17)7-11/h3-4,7,9,12,16-17H,5-6,8H2,1-2H3. The van der Waals surface area contributed by atoms with E-state index in [-0.39, 0.29) is 24.3 Å². The number of hydrogen-bond donors (Lipinski definition) is 2. The highest BCUT2D eigenvalue weighted by Gasteiger charge is 2.34. The van der Waals surface area contributed by atoms with Crippen LogP contribution in [0, 0.1) is 12.8 Å². The van der Waals surface area contributed by atoms with Gasteiger partial charge in [0.15, 0.2) is 0 Å². The summed E-state index contributed by atoms with van der Waals surface area (Å²) in [5.74, 6) is 0.334. The van der Waals surface area contributed by atoms with E-state index in [0.717, 1.165) is 12.0 Å². The molecule has 4 heteroatoms. The smallest absolute Gasteiger partial charge is 0.254 e. The fourth-order valence-electron chi connectivity index (χ4n) is 2.45. The highest BCUT2D eigenvalue weighted by Crippen LogP contribution is 2.26. The van der Waals surface area contributed by atoms with Crippen molar-refractivity contribution >= 4 is 5.91 Å². The van der Waals surface area contributed by atoms with E-state index in [1.54, 1.807) is 24.0 Å². The number of aryl methyl sites for hydroxylation is 1. The third kappa shape index (κ3) is 2.20. The van der Waals surface area contributed by atoms with E-state index >= 15 is 0 Å². The van der Waals surface area contributed by atoms with Gasteiger partial charge >= 0.3 is 0 Å². The summed E-state index contributed by atoms with van der Waals surface area (Å²) < 4.78 is 0. The first-order chi connectivity index (χ1) is 8.54. The Bertz CT molecular complexity index is 458. The molecule has 1 saturated heterocycles. The Morgan fingerprint density at radius 1 is 1.50 bits per heavy atom. The van der Waals surface area contributed by atoms with Crippen molar-refractivity contribution in [1.29, 1.82) is 0 Å². The molecule has 0 bridgehead atoms. The molecule has 0 radical (unpaired) electrons. The zero-order valence-corrected chi connectivity index (χ0v) is 10.8. The molecular formula is C14H19NO3. The van der Waals surface area contributed by atoms with E-state index in [2.05, 4.69) is 0 Å². The minimum atomic E-state index is -0.117. The summed E-state index contributed by atoms with van der Waals surface area (Å²) in [7, 11) is 0. The number of benzene rings is 1. The van der Waals surface area contributed by atoms with Gasteiger partial charge in [0, 0.05) is 12.1 Å². The lowest BCUT2D eigenvalue weighted by Crippen LogP contribution is -2.39. The molecule has 2 rings (SSSR count). The first kappa shape index (κ1) is 12.9. The Morgan fingerprint density at radius 3 is 2.83 bits per heavy atom. The number of phenolic OH excluding ortho intramolecular Hbond substituents is 1. The lowest BCUT2D eigenvalue weighted by Gasteiger charge is -2.25. The number of amides is 1. The molecule has 2 unspecified atom stereocenters. The Kier molecular flexibility index (Phi) is 3.57. The fraction of sp³-hybridized carbons (Fsp3) is 0.500. The second-order valence-electron chi connectivity index (χ2n) is 5.02. The average Bonchev–Trinajstić information content (AvgIpc) is 2.73. The number of phenols is 1. The van der Waals surface area contributed by atoms with Crippen LogP contribution in [0.1, 0.15) is 29.3 Å². The predicted octanol–water partition coefficient (Wildman–Crippen LogP) is 1.54. The zero-order valence-electron chi connectivity index (χ0n) is 10.8. The molecule has 1 aliphatic rings. The van der Waals surface area contributed by atoms with E-state index in [0.29, 0.717) is 18.0 Å². The Hall–Kier alpha value is -1.55. The average molecular weight is 249 g/mol. The predicted molar refractivity (Wildman–Crippen MR) is 68.5 cm³/mol. The Morgan fingerprint density at radius 2 is 2.22 bits per heavy atom. The summed E-state index contributed by atoms with van der Waals surface area (Å²) in [6.45, 7) is 4.49. The number of hydrogen-bond acceptors (Lipinski definition) is 3. The summed E-state index contributed by atoms with van der Waals surface area (Å²) in [5, 5.41) is 19.0. The second-order valence-corrected chi connectivity index (χ2v) is 5.02. The van der Waals surface area contributed by atoms with Gasteiger partial charge in [0.25, 0.3) is 5.91 Å². The van der Waals surface area contributed by atoms with E-state index in [9.17, 15) is 15.0 Å². The maximum absolute atomic E-state index is 12.3. The summed E-state index contributed by atoms with van der Waals surface area (Å²) >= 11 is 0. The summed E-state index contributed by atoms with van der Waals surface area (Å²) in [6, 6.07) is 4.83. The van der Waals surface area contributed by atoms with Crippen LogP contribution >= 0.6 is 0 Å². The fourth-order valence-corrected chi connectivity index (χ4v) is 2.45. The highest BCUT2D eigenvalue weighted by molar-refractivity contribution is 5.95. The first-order valence-electron chi connectivity index (χ1n) is 6.26. The lowest BCUT2D eigenvalue weighted by molar-refractivity contribution is 0.0648. The van der Waals surface area contributed by atoms with Gasteiger partial charge in [0.1, 0.15) is 5.75 Å². The minimum Gasteiger partial charge on any atom is -0.508 e. The van der Waals surface area contributed by atoms with E-state index < -0.39 is 0 Å². The van der Waals surface area contributed by atoms with Gasteiger partial charge in [-0.1, -0.05) is 13.0 Å². The molecule has 1 aromatic rings. The maximum Gasteiger partial charge on any atom is 0.254 e. The van der Waals surface area contributed by atoms with Crippen molar-refractivity contribution in [2.45, 2.75) is 26.3 Å². The summed E-state index contributed by atoms with van der Waals surface area (Å²) in [4.78, 5) is 14.0. The second kappa shape index (κ2) is 4.98. The third-order valence-corrected chi connectivity index (χ3v) is 3.79. The molecule has 2 atom stereocenters. The third-order valence-electron chi connectivity index (χ3n) is 3.79. The number of nitrogens with zero attached hydrogens (tertiary/aromatic N) is 1. The monoisotopic (exact) mass is 249 g/mol. The molecule has 4 nitrogen and oxygen atoms in total. The van der Waals surface area contributed by atoms with Gasteiger partial charge in [-0.25, -0.2) is 0 Å². The SMILES string of the molecule is Cc1ccc(C(=O)N2CCC(C)C2CO)cc1O. The molecule has 1 aromatic carbocycles. The normalized spacial score (nSPS) is 23.4.